The molecule has 1 aromatic heterocycles. The molecule has 3 rings (SSSR count). The van der Waals surface area contributed by atoms with Gasteiger partial charge >= 0.3 is 0 Å². The first-order chi connectivity index (χ1) is 13.6. The monoisotopic (exact) mass is 379 g/mol. The lowest BCUT2D eigenvalue weighted by atomic mass is 9.90. The van der Waals surface area contributed by atoms with E-state index in [4.69, 9.17) is 0 Å². The molecule has 148 valence electrons. The van der Waals surface area contributed by atoms with E-state index in [1.165, 1.54) is 5.56 Å². The molecule has 5 heteroatoms. The van der Waals surface area contributed by atoms with Gasteiger partial charge in [0.15, 0.2) is 0 Å². The molecule has 1 fully saturated rings. The number of hydrogen-bond donors (Lipinski definition) is 0. The van der Waals surface area contributed by atoms with Crippen molar-refractivity contribution < 1.29 is 9.59 Å². The number of aromatic nitrogens is 1. The smallest absolute Gasteiger partial charge is 0.232 e. The van der Waals surface area contributed by atoms with Gasteiger partial charge < -0.3 is 9.80 Å². The molecular formula is C23H29N3O2. The normalized spacial score (nSPS) is 14.7. The van der Waals surface area contributed by atoms with Crippen molar-refractivity contribution in [2.45, 2.75) is 32.1 Å². The van der Waals surface area contributed by atoms with Gasteiger partial charge in [0, 0.05) is 39.1 Å². The summed E-state index contributed by atoms with van der Waals surface area (Å²) in [4.78, 5) is 32.4. The fraction of sp³-hybridized carbons (Fsp3) is 0.435. The molecule has 1 aliphatic heterocycles. The predicted octanol–water partition coefficient (Wildman–Crippen LogP) is 2.95. The van der Waals surface area contributed by atoms with Gasteiger partial charge in [0.2, 0.25) is 11.8 Å². The van der Waals surface area contributed by atoms with Crippen LogP contribution in [0.25, 0.3) is 0 Å². The number of rotatable bonds is 7. The van der Waals surface area contributed by atoms with Crippen molar-refractivity contribution in [1.82, 2.24) is 14.8 Å². The maximum atomic E-state index is 12.5. The number of likely N-dealkylation sites (tertiary alicyclic amines) is 1. The lowest BCUT2D eigenvalue weighted by Gasteiger charge is -2.32. The second-order valence-corrected chi connectivity index (χ2v) is 7.61. The summed E-state index contributed by atoms with van der Waals surface area (Å²) in [6.07, 6.45) is 7.32. The van der Waals surface area contributed by atoms with E-state index in [-0.39, 0.29) is 18.2 Å². The third kappa shape index (κ3) is 5.91. The molecule has 1 saturated heterocycles. The van der Waals surface area contributed by atoms with Crippen LogP contribution in [0.15, 0.2) is 54.9 Å². The van der Waals surface area contributed by atoms with Crippen molar-refractivity contribution in [3.63, 3.8) is 0 Å². The van der Waals surface area contributed by atoms with Crippen LogP contribution in [0.2, 0.25) is 0 Å². The zero-order chi connectivity index (χ0) is 19.8. The Morgan fingerprint density at radius 3 is 2.39 bits per heavy atom. The fourth-order valence-electron chi connectivity index (χ4n) is 3.68. The summed E-state index contributed by atoms with van der Waals surface area (Å²) in [6, 6.07) is 14.4. The lowest BCUT2D eigenvalue weighted by Crippen LogP contribution is -2.41. The van der Waals surface area contributed by atoms with E-state index in [1.54, 1.807) is 24.3 Å². The van der Waals surface area contributed by atoms with Crippen LogP contribution in [0, 0.1) is 5.92 Å². The summed E-state index contributed by atoms with van der Waals surface area (Å²) < 4.78 is 0. The quantitative estimate of drug-likeness (QED) is 0.695. The number of piperidine rings is 1. The fourth-order valence-corrected chi connectivity index (χ4v) is 3.68. The summed E-state index contributed by atoms with van der Waals surface area (Å²) >= 11 is 0. The molecule has 2 aromatic rings. The Morgan fingerprint density at radius 2 is 1.71 bits per heavy atom. The molecular weight excluding hydrogens is 350 g/mol. The minimum Gasteiger partial charge on any atom is -0.345 e. The van der Waals surface area contributed by atoms with Crippen molar-refractivity contribution in [2.24, 2.45) is 5.92 Å². The third-order valence-corrected chi connectivity index (χ3v) is 5.55. The Hall–Kier alpha value is -2.69. The van der Waals surface area contributed by atoms with Crippen LogP contribution in [0.3, 0.4) is 0 Å². The van der Waals surface area contributed by atoms with Crippen LogP contribution in [0.4, 0.5) is 0 Å². The molecule has 0 saturated carbocycles. The summed E-state index contributed by atoms with van der Waals surface area (Å²) in [6.45, 7) is 2.12. The maximum absolute atomic E-state index is 12.5. The number of likely N-dealkylation sites (N-methyl/N-ethyl adjacent to an activating group) is 1. The van der Waals surface area contributed by atoms with E-state index in [0.29, 0.717) is 12.5 Å². The van der Waals surface area contributed by atoms with E-state index in [1.807, 2.05) is 23.1 Å². The van der Waals surface area contributed by atoms with Gasteiger partial charge in [0.25, 0.3) is 0 Å². The van der Waals surface area contributed by atoms with Crippen LogP contribution in [0.5, 0.6) is 0 Å². The molecule has 0 aliphatic carbocycles. The average Bonchev–Trinajstić information content (AvgIpc) is 2.74. The molecule has 1 aliphatic rings. The Kier molecular flexibility index (Phi) is 7.18. The number of hydrogen-bond acceptors (Lipinski definition) is 3. The highest BCUT2D eigenvalue weighted by Gasteiger charge is 2.25. The zero-order valence-corrected chi connectivity index (χ0v) is 16.6. The van der Waals surface area contributed by atoms with Gasteiger partial charge in [-0.1, -0.05) is 30.3 Å². The standard InChI is InChI=1S/C23H29N3O2/c1-25(14-9-19-7-12-24-13-8-19)22(27)18-23(28)26-15-10-21(11-16-26)17-20-5-3-2-4-6-20/h2-8,12-13,21H,9-11,14-18H2,1H3. The molecule has 28 heavy (non-hydrogen) atoms. The first-order valence-corrected chi connectivity index (χ1v) is 10.1. The number of carbonyl (C=O) groups is 2. The van der Waals surface area contributed by atoms with Crippen LogP contribution in [-0.2, 0) is 22.4 Å². The van der Waals surface area contributed by atoms with Gasteiger partial charge in [0.1, 0.15) is 6.42 Å². The molecule has 2 heterocycles. The van der Waals surface area contributed by atoms with Crippen molar-refractivity contribution in [3.05, 3.63) is 66.0 Å². The highest BCUT2D eigenvalue weighted by Crippen LogP contribution is 2.22. The molecule has 2 amide bonds. The Morgan fingerprint density at radius 1 is 1.04 bits per heavy atom. The summed E-state index contributed by atoms with van der Waals surface area (Å²) in [5.41, 5.74) is 2.50. The lowest BCUT2D eigenvalue weighted by molar-refractivity contribution is -0.140. The second kappa shape index (κ2) is 10.0. The summed E-state index contributed by atoms with van der Waals surface area (Å²) in [7, 11) is 1.77. The van der Waals surface area contributed by atoms with Crippen LogP contribution < -0.4 is 0 Å². The van der Waals surface area contributed by atoms with E-state index in [0.717, 1.165) is 44.3 Å². The van der Waals surface area contributed by atoms with Crippen molar-refractivity contribution >= 4 is 11.8 Å². The topological polar surface area (TPSA) is 53.5 Å². The van der Waals surface area contributed by atoms with Crippen LogP contribution in [0.1, 0.15) is 30.4 Å². The van der Waals surface area contributed by atoms with Gasteiger partial charge in [-0.05, 0) is 54.9 Å². The molecule has 0 atom stereocenters. The highest BCUT2D eigenvalue weighted by molar-refractivity contribution is 5.96. The number of benzene rings is 1. The van der Waals surface area contributed by atoms with Gasteiger partial charge in [-0.2, -0.15) is 0 Å². The molecule has 0 radical (unpaired) electrons. The molecule has 0 bridgehead atoms. The summed E-state index contributed by atoms with van der Waals surface area (Å²) in [5.74, 6) is 0.467. The highest BCUT2D eigenvalue weighted by atomic mass is 16.2. The minimum absolute atomic E-state index is 0.0316. The van der Waals surface area contributed by atoms with E-state index < -0.39 is 0 Å². The number of carbonyl (C=O) groups excluding carboxylic acids is 2. The zero-order valence-electron chi connectivity index (χ0n) is 16.6. The van der Waals surface area contributed by atoms with E-state index in [9.17, 15) is 9.59 Å². The van der Waals surface area contributed by atoms with Crippen molar-refractivity contribution in [1.29, 1.82) is 0 Å². The molecule has 0 N–H and O–H groups in total. The second-order valence-electron chi connectivity index (χ2n) is 7.61. The largest absolute Gasteiger partial charge is 0.345 e. The van der Waals surface area contributed by atoms with Gasteiger partial charge in [-0.25, -0.2) is 0 Å². The van der Waals surface area contributed by atoms with Gasteiger partial charge in [-0.15, -0.1) is 0 Å². The van der Waals surface area contributed by atoms with E-state index in [2.05, 4.69) is 29.2 Å². The van der Waals surface area contributed by atoms with Crippen LogP contribution >= 0.6 is 0 Å². The SMILES string of the molecule is CN(CCc1ccncc1)C(=O)CC(=O)N1CCC(Cc2ccccc2)CC1. The first-order valence-electron chi connectivity index (χ1n) is 10.1. The predicted molar refractivity (Wildman–Crippen MR) is 110 cm³/mol. The average molecular weight is 380 g/mol. The molecule has 1 aromatic carbocycles. The van der Waals surface area contributed by atoms with Gasteiger partial charge in [-0.3, -0.25) is 14.6 Å². The molecule has 0 unspecified atom stereocenters. The Bertz CT molecular complexity index is 756. The number of nitrogens with zero attached hydrogens (tertiary/aromatic N) is 3. The molecule has 5 nitrogen and oxygen atoms in total. The van der Waals surface area contributed by atoms with Crippen LogP contribution in [-0.4, -0.2) is 53.3 Å². The van der Waals surface area contributed by atoms with E-state index >= 15 is 0 Å². The number of amides is 2. The number of pyridine rings is 1. The van der Waals surface area contributed by atoms with Crippen molar-refractivity contribution in [3.8, 4) is 0 Å². The molecule has 0 spiro atoms. The first kappa shape index (κ1) is 20.1. The van der Waals surface area contributed by atoms with Crippen molar-refractivity contribution in [2.75, 3.05) is 26.7 Å². The third-order valence-electron chi connectivity index (χ3n) is 5.55. The minimum atomic E-state index is -0.106. The Balaban J connectivity index is 1.39. The van der Waals surface area contributed by atoms with Gasteiger partial charge in [0.05, 0.1) is 0 Å². The summed E-state index contributed by atoms with van der Waals surface area (Å²) in [5, 5.41) is 0. The maximum Gasteiger partial charge on any atom is 0.232 e. The Labute approximate surface area is 167 Å².